The van der Waals surface area contributed by atoms with Gasteiger partial charge in [-0.1, -0.05) is 66.7 Å². The maximum absolute atomic E-state index is 6.40. The molecule has 8 rings (SSSR count). The quantitative estimate of drug-likeness (QED) is 0.227. The van der Waals surface area contributed by atoms with Gasteiger partial charge in [-0.05, 0) is 65.6 Å². The summed E-state index contributed by atoms with van der Waals surface area (Å²) < 4.78 is 6.40. The normalized spacial score (nSPS) is 12.8. The van der Waals surface area contributed by atoms with Gasteiger partial charge in [0.25, 0.3) is 0 Å². The summed E-state index contributed by atoms with van der Waals surface area (Å²) in [5, 5.41) is 0. The number of pyridine rings is 2. The van der Waals surface area contributed by atoms with Gasteiger partial charge >= 0.3 is 6.98 Å². The van der Waals surface area contributed by atoms with E-state index in [0.29, 0.717) is 0 Å². The lowest BCUT2D eigenvalue weighted by Gasteiger charge is -2.36. The summed E-state index contributed by atoms with van der Waals surface area (Å²) in [5.41, 5.74) is 8.93. The third-order valence-electron chi connectivity index (χ3n) is 7.56. The number of hydrogen-bond acceptors (Lipinski definition) is 5. The maximum atomic E-state index is 6.40. The molecule has 0 amide bonds. The number of benzene rings is 4. The van der Waals surface area contributed by atoms with Gasteiger partial charge in [0.05, 0.1) is 11.4 Å². The first-order chi connectivity index (χ1) is 19.8. The van der Waals surface area contributed by atoms with E-state index in [0.717, 1.165) is 39.9 Å². The number of para-hydroxylation sites is 1. The van der Waals surface area contributed by atoms with Crippen LogP contribution in [0.25, 0.3) is 22.4 Å². The highest BCUT2D eigenvalue weighted by Gasteiger charge is 2.48. The molecule has 0 unspecified atom stereocenters. The van der Waals surface area contributed by atoms with Crippen LogP contribution in [-0.2, 0) is 0 Å². The van der Waals surface area contributed by atoms with E-state index in [1.54, 1.807) is 6.20 Å². The summed E-state index contributed by atoms with van der Waals surface area (Å²) in [6.45, 7) is -0.0706. The summed E-state index contributed by atoms with van der Waals surface area (Å²) in [6, 6.07) is 43.7. The molecule has 0 N–H and O–H groups in total. The third-order valence-corrected chi connectivity index (χ3v) is 7.56. The second kappa shape index (κ2) is 9.14. The molecule has 4 heterocycles. The molecule has 2 aliphatic rings. The van der Waals surface area contributed by atoms with Crippen LogP contribution < -0.4 is 19.8 Å². The molecule has 0 atom stereocenters. The molecule has 0 fully saturated rings. The Morgan fingerprint density at radius 2 is 1.30 bits per heavy atom. The van der Waals surface area contributed by atoms with Gasteiger partial charge in [0.1, 0.15) is 17.3 Å². The van der Waals surface area contributed by atoms with Crippen molar-refractivity contribution in [2.75, 3.05) is 9.62 Å². The molecule has 188 valence electrons. The van der Waals surface area contributed by atoms with Gasteiger partial charge in [-0.25, -0.2) is 4.98 Å². The minimum Gasteiger partial charge on any atom is -0.457 e. The van der Waals surface area contributed by atoms with E-state index in [1.165, 1.54) is 22.3 Å². The predicted octanol–water partition coefficient (Wildman–Crippen LogP) is 7.60. The largest absolute Gasteiger partial charge is 0.457 e. The fraction of sp³-hybridized carbons (Fsp3) is 0. The van der Waals surface area contributed by atoms with Gasteiger partial charge < -0.3 is 14.4 Å². The van der Waals surface area contributed by atoms with Crippen LogP contribution in [0.4, 0.5) is 22.9 Å². The molecule has 2 aliphatic heterocycles. The summed E-state index contributed by atoms with van der Waals surface area (Å²) in [5.74, 6) is 2.45. The summed E-state index contributed by atoms with van der Waals surface area (Å²) in [4.78, 5) is 14.1. The fourth-order valence-electron chi connectivity index (χ4n) is 5.89. The van der Waals surface area contributed by atoms with Crippen molar-refractivity contribution in [3.8, 4) is 33.9 Å². The summed E-state index contributed by atoms with van der Waals surface area (Å²) >= 11 is 0. The van der Waals surface area contributed by atoms with Crippen molar-refractivity contribution in [3.05, 3.63) is 140 Å². The molecule has 0 aliphatic carbocycles. The molecule has 0 saturated carbocycles. The molecule has 4 aromatic carbocycles. The van der Waals surface area contributed by atoms with E-state index >= 15 is 0 Å². The predicted molar refractivity (Wildman–Crippen MR) is 162 cm³/mol. The Morgan fingerprint density at radius 1 is 0.550 bits per heavy atom. The first-order valence-electron chi connectivity index (χ1n) is 13.4. The molecular weight excluding hydrogens is 491 g/mol. The van der Waals surface area contributed by atoms with Crippen LogP contribution >= 0.6 is 0 Å². The van der Waals surface area contributed by atoms with Crippen molar-refractivity contribution in [2.45, 2.75) is 0 Å². The number of rotatable bonds is 4. The first kappa shape index (κ1) is 22.6. The maximum Gasteiger partial charge on any atom is 0.422 e. The molecule has 0 bridgehead atoms. The van der Waals surface area contributed by atoms with E-state index in [4.69, 9.17) is 9.72 Å². The van der Waals surface area contributed by atoms with Gasteiger partial charge in [-0.15, -0.1) is 0 Å². The lowest BCUT2D eigenvalue weighted by Crippen LogP contribution is -2.55. The average molecular weight is 514 g/mol. The second-order valence-electron chi connectivity index (χ2n) is 9.91. The lowest BCUT2D eigenvalue weighted by atomic mass is 9.59. The number of fused-ring (bicyclic) bond motifs is 8. The van der Waals surface area contributed by atoms with E-state index in [-0.39, 0.29) is 6.98 Å². The first-order valence-corrected chi connectivity index (χ1v) is 13.4. The van der Waals surface area contributed by atoms with Gasteiger partial charge in [-0.3, -0.25) is 4.98 Å². The SMILES string of the molecule is c1ccc(-c2cccc(Oc3cccc(N4B5c6ccccc6-c6ccccc6N5c5cccnc54)c3)c2)nc1. The Balaban J connectivity index is 1.22. The molecule has 40 heavy (non-hydrogen) atoms. The molecule has 2 aromatic heterocycles. The average Bonchev–Trinajstić information content (AvgIpc) is 3.38. The van der Waals surface area contributed by atoms with Crippen LogP contribution in [0.3, 0.4) is 0 Å². The number of ether oxygens (including phenoxy) is 1. The fourth-order valence-corrected chi connectivity index (χ4v) is 5.89. The van der Waals surface area contributed by atoms with E-state index < -0.39 is 0 Å². The van der Waals surface area contributed by atoms with Crippen LogP contribution in [0.5, 0.6) is 11.5 Å². The number of anilines is 4. The highest BCUT2D eigenvalue weighted by molar-refractivity contribution is 6.86. The molecule has 0 saturated heterocycles. The van der Waals surface area contributed by atoms with Gasteiger partial charge in [0.2, 0.25) is 0 Å². The van der Waals surface area contributed by atoms with Crippen LogP contribution in [-0.4, -0.2) is 17.0 Å². The topological polar surface area (TPSA) is 41.5 Å². The van der Waals surface area contributed by atoms with Crippen molar-refractivity contribution >= 4 is 35.3 Å². The minimum atomic E-state index is -0.0706. The zero-order valence-electron chi connectivity index (χ0n) is 21.6. The van der Waals surface area contributed by atoms with Crippen molar-refractivity contribution < 1.29 is 4.74 Å². The van der Waals surface area contributed by atoms with Crippen molar-refractivity contribution in [3.63, 3.8) is 0 Å². The summed E-state index contributed by atoms with van der Waals surface area (Å²) in [7, 11) is 0. The number of hydrogen-bond donors (Lipinski definition) is 0. The van der Waals surface area contributed by atoms with Crippen LogP contribution in [0.1, 0.15) is 0 Å². The molecule has 0 spiro atoms. The molecule has 6 heteroatoms. The lowest BCUT2D eigenvalue weighted by molar-refractivity contribution is 0.483. The zero-order valence-corrected chi connectivity index (χ0v) is 21.6. The van der Waals surface area contributed by atoms with E-state index in [2.05, 4.69) is 81.3 Å². The van der Waals surface area contributed by atoms with Crippen LogP contribution in [0, 0.1) is 0 Å². The Bertz CT molecular complexity index is 1880. The Morgan fingerprint density at radius 3 is 2.20 bits per heavy atom. The van der Waals surface area contributed by atoms with Gasteiger partial charge in [-0.2, -0.15) is 0 Å². The monoisotopic (exact) mass is 514 g/mol. The van der Waals surface area contributed by atoms with E-state index in [9.17, 15) is 0 Å². The number of nitrogens with zero attached hydrogens (tertiary/aromatic N) is 4. The zero-order chi connectivity index (χ0) is 26.5. The molecule has 5 nitrogen and oxygen atoms in total. The van der Waals surface area contributed by atoms with Crippen LogP contribution in [0.2, 0.25) is 0 Å². The van der Waals surface area contributed by atoms with E-state index in [1.807, 2.05) is 66.9 Å². The Labute approximate surface area is 233 Å². The minimum absolute atomic E-state index is 0.0706. The van der Waals surface area contributed by atoms with Crippen molar-refractivity contribution in [2.24, 2.45) is 0 Å². The summed E-state index contributed by atoms with van der Waals surface area (Å²) in [6.07, 6.45) is 3.67. The highest BCUT2D eigenvalue weighted by Crippen LogP contribution is 2.50. The second-order valence-corrected chi connectivity index (χ2v) is 9.91. The standard InChI is InChI=1S/C34H23BN4O/c1-3-16-30-28(14-1)29-15-2-4-18-32(29)39-33-19-9-21-37-34(33)38(35(30)39)25-11-8-13-27(23-25)40-26-12-7-10-24(22-26)31-17-5-6-20-36-31/h1-23H. The van der Waals surface area contributed by atoms with Crippen molar-refractivity contribution in [1.29, 1.82) is 0 Å². The molecule has 6 aromatic rings. The molecule has 0 radical (unpaired) electrons. The van der Waals surface area contributed by atoms with Gasteiger partial charge in [0.15, 0.2) is 0 Å². The third kappa shape index (κ3) is 3.57. The van der Waals surface area contributed by atoms with Crippen molar-refractivity contribution in [1.82, 2.24) is 9.97 Å². The number of aromatic nitrogens is 2. The van der Waals surface area contributed by atoms with Gasteiger partial charge in [0, 0.05) is 41.0 Å². The Kier molecular flexibility index (Phi) is 5.17. The smallest absolute Gasteiger partial charge is 0.422 e. The van der Waals surface area contributed by atoms with Crippen LogP contribution in [0.15, 0.2) is 140 Å². The highest BCUT2D eigenvalue weighted by atomic mass is 16.5. The molecular formula is C34H23BN4O. The Hall–Kier alpha value is -5.36.